The molecule has 0 unspecified atom stereocenters. The topological polar surface area (TPSA) is 87.7 Å². The summed E-state index contributed by atoms with van der Waals surface area (Å²) in [6.45, 7) is 3.33. The molecule has 158 valence electrons. The van der Waals surface area contributed by atoms with Gasteiger partial charge >= 0.3 is 0 Å². The van der Waals surface area contributed by atoms with E-state index in [9.17, 15) is 14.4 Å². The Labute approximate surface area is 180 Å². The van der Waals surface area contributed by atoms with Crippen LogP contribution in [0, 0.1) is 0 Å². The van der Waals surface area contributed by atoms with Crippen LogP contribution in [0.3, 0.4) is 0 Å². The number of hydrogen-bond acceptors (Lipinski definition) is 4. The van der Waals surface area contributed by atoms with Crippen molar-refractivity contribution in [3.05, 3.63) is 53.1 Å². The molecule has 1 heterocycles. The molecule has 0 aliphatic carbocycles. The molecule has 1 aliphatic rings. The largest absolute Gasteiger partial charge is 0.490 e. The molecule has 2 N–H and O–H groups in total. The molecule has 0 saturated carbocycles. The van der Waals surface area contributed by atoms with Crippen molar-refractivity contribution in [3.8, 4) is 5.75 Å². The first kappa shape index (κ1) is 21.6. The number of amides is 3. The molecular formula is C22H24ClN3O4. The van der Waals surface area contributed by atoms with Crippen molar-refractivity contribution < 1.29 is 19.1 Å². The number of nitrogens with zero attached hydrogens (tertiary/aromatic N) is 1. The minimum absolute atomic E-state index is 0.0130. The number of rotatable bonds is 7. The van der Waals surface area contributed by atoms with E-state index in [0.29, 0.717) is 47.4 Å². The van der Waals surface area contributed by atoms with Crippen molar-refractivity contribution in [2.75, 3.05) is 29.9 Å². The highest BCUT2D eigenvalue weighted by Gasteiger charge is 2.23. The molecule has 0 spiro atoms. The molecule has 7 nitrogen and oxygen atoms in total. The monoisotopic (exact) mass is 429 g/mol. The second-order valence-corrected chi connectivity index (χ2v) is 7.29. The molecule has 1 aliphatic heterocycles. The van der Waals surface area contributed by atoms with E-state index in [2.05, 4.69) is 10.6 Å². The summed E-state index contributed by atoms with van der Waals surface area (Å²) in [6, 6.07) is 12.0. The summed E-state index contributed by atoms with van der Waals surface area (Å²) >= 11 is 6.03. The van der Waals surface area contributed by atoms with Gasteiger partial charge in [-0.15, -0.1) is 0 Å². The van der Waals surface area contributed by atoms with Crippen LogP contribution < -0.4 is 20.3 Å². The summed E-state index contributed by atoms with van der Waals surface area (Å²) in [5.74, 6) is -0.155. The first-order valence-corrected chi connectivity index (χ1v) is 10.3. The smallest absolute Gasteiger partial charge is 0.253 e. The fourth-order valence-electron chi connectivity index (χ4n) is 3.15. The van der Waals surface area contributed by atoms with Gasteiger partial charge in [-0.3, -0.25) is 14.4 Å². The van der Waals surface area contributed by atoms with Gasteiger partial charge in [-0.2, -0.15) is 0 Å². The zero-order chi connectivity index (χ0) is 21.5. The maximum absolute atomic E-state index is 12.7. The van der Waals surface area contributed by atoms with Gasteiger partial charge < -0.3 is 20.3 Å². The van der Waals surface area contributed by atoms with Gasteiger partial charge in [0, 0.05) is 24.4 Å². The molecule has 0 aromatic heterocycles. The van der Waals surface area contributed by atoms with E-state index in [0.717, 1.165) is 6.42 Å². The minimum atomic E-state index is -0.364. The Morgan fingerprint density at radius 3 is 2.73 bits per heavy atom. The highest BCUT2D eigenvalue weighted by molar-refractivity contribution is 6.31. The van der Waals surface area contributed by atoms with Crippen molar-refractivity contribution >= 4 is 40.7 Å². The molecule has 0 saturated heterocycles. The van der Waals surface area contributed by atoms with Gasteiger partial charge in [0.05, 0.1) is 23.5 Å². The number of anilines is 2. The molecule has 3 amide bonds. The van der Waals surface area contributed by atoms with Crippen molar-refractivity contribution in [1.82, 2.24) is 5.32 Å². The maximum Gasteiger partial charge on any atom is 0.253 e. The van der Waals surface area contributed by atoms with Crippen molar-refractivity contribution in [2.45, 2.75) is 26.2 Å². The Morgan fingerprint density at radius 2 is 1.93 bits per heavy atom. The van der Waals surface area contributed by atoms with Gasteiger partial charge in [-0.05, 0) is 36.8 Å². The first-order valence-electron chi connectivity index (χ1n) is 9.89. The summed E-state index contributed by atoms with van der Waals surface area (Å²) in [7, 11) is 0. The Morgan fingerprint density at radius 1 is 1.13 bits per heavy atom. The fourth-order valence-corrected chi connectivity index (χ4v) is 3.32. The van der Waals surface area contributed by atoms with Gasteiger partial charge in [0.2, 0.25) is 11.8 Å². The van der Waals surface area contributed by atoms with E-state index >= 15 is 0 Å². The SMILES string of the molecule is CCCNC(=O)c1ccc(Cl)cc1NC(=O)CCC(=O)N1CCOc2ccccc21. The standard InChI is InChI=1S/C22H24ClN3O4/c1-2-11-24-22(29)16-8-7-15(23)14-17(16)25-20(27)9-10-21(28)26-12-13-30-19-6-4-3-5-18(19)26/h3-8,14H,2,9-13H2,1H3,(H,24,29)(H,25,27). The van der Waals surface area contributed by atoms with Crippen molar-refractivity contribution in [1.29, 1.82) is 0 Å². The second kappa shape index (κ2) is 10.1. The molecule has 2 aromatic rings. The lowest BCUT2D eigenvalue weighted by Gasteiger charge is -2.29. The number of ether oxygens (including phenoxy) is 1. The lowest BCUT2D eigenvalue weighted by molar-refractivity contribution is -0.122. The van der Waals surface area contributed by atoms with Gasteiger partial charge in [0.25, 0.3) is 5.91 Å². The lowest BCUT2D eigenvalue weighted by Crippen LogP contribution is -2.38. The summed E-state index contributed by atoms with van der Waals surface area (Å²) in [4.78, 5) is 39.1. The Bertz CT molecular complexity index is 948. The maximum atomic E-state index is 12.7. The third kappa shape index (κ3) is 5.30. The van der Waals surface area contributed by atoms with Crippen LogP contribution >= 0.6 is 11.6 Å². The zero-order valence-corrected chi connectivity index (χ0v) is 17.5. The Hall–Kier alpha value is -3.06. The molecule has 0 fully saturated rings. The zero-order valence-electron chi connectivity index (χ0n) is 16.7. The highest BCUT2D eigenvalue weighted by Crippen LogP contribution is 2.31. The van der Waals surface area contributed by atoms with Gasteiger partial charge in [-0.1, -0.05) is 30.7 Å². The van der Waals surface area contributed by atoms with Crippen LogP contribution in [-0.2, 0) is 9.59 Å². The van der Waals surface area contributed by atoms with E-state index in [4.69, 9.17) is 16.3 Å². The van der Waals surface area contributed by atoms with Gasteiger partial charge in [0.1, 0.15) is 12.4 Å². The van der Waals surface area contributed by atoms with Crippen LogP contribution in [0.5, 0.6) is 5.75 Å². The van der Waals surface area contributed by atoms with E-state index in [-0.39, 0.29) is 30.6 Å². The van der Waals surface area contributed by atoms with E-state index in [1.807, 2.05) is 31.2 Å². The summed E-state index contributed by atoms with van der Waals surface area (Å²) in [5, 5.41) is 5.89. The van der Waals surface area contributed by atoms with Crippen molar-refractivity contribution in [2.24, 2.45) is 0 Å². The fraction of sp³-hybridized carbons (Fsp3) is 0.318. The average Bonchev–Trinajstić information content (AvgIpc) is 2.75. The third-order valence-corrected chi connectivity index (χ3v) is 4.87. The number of para-hydroxylation sites is 2. The minimum Gasteiger partial charge on any atom is -0.490 e. The molecule has 3 rings (SSSR count). The molecule has 2 aromatic carbocycles. The molecule has 0 radical (unpaired) electrons. The molecule has 8 heteroatoms. The summed E-state index contributed by atoms with van der Waals surface area (Å²) in [5.41, 5.74) is 1.36. The second-order valence-electron chi connectivity index (χ2n) is 6.86. The number of nitrogens with one attached hydrogen (secondary N) is 2. The van der Waals surface area contributed by atoms with Crippen LogP contribution in [0.2, 0.25) is 5.02 Å². The highest BCUT2D eigenvalue weighted by atomic mass is 35.5. The number of fused-ring (bicyclic) bond motifs is 1. The molecule has 0 atom stereocenters. The quantitative estimate of drug-likeness (QED) is 0.703. The normalized spacial score (nSPS) is 12.5. The number of benzene rings is 2. The van der Waals surface area contributed by atoms with Crippen molar-refractivity contribution in [3.63, 3.8) is 0 Å². The molecular weight excluding hydrogens is 406 g/mol. The van der Waals surface area contributed by atoms with Crippen LogP contribution in [0.15, 0.2) is 42.5 Å². The van der Waals surface area contributed by atoms with E-state index in [1.165, 1.54) is 6.07 Å². The van der Waals surface area contributed by atoms with Gasteiger partial charge in [-0.25, -0.2) is 0 Å². The predicted molar refractivity (Wildman–Crippen MR) is 116 cm³/mol. The van der Waals surface area contributed by atoms with Gasteiger partial charge in [0.15, 0.2) is 0 Å². The molecule has 0 bridgehead atoms. The lowest BCUT2D eigenvalue weighted by atomic mass is 10.1. The average molecular weight is 430 g/mol. The predicted octanol–water partition coefficient (Wildman–Crippen LogP) is 3.62. The van der Waals surface area contributed by atoms with Crippen LogP contribution in [-0.4, -0.2) is 37.4 Å². The number of halogens is 1. The van der Waals surface area contributed by atoms with E-state index < -0.39 is 0 Å². The Kier molecular flexibility index (Phi) is 7.30. The third-order valence-electron chi connectivity index (χ3n) is 4.63. The number of carbonyl (C=O) groups excluding carboxylic acids is 3. The molecule has 30 heavy (non-hydrogen) atoms. The van der Waals surface area contributed by atoms with Crippen LogP contribution in [0.4, 0.5) is 11.4 Å². The number of hydrogen-bond donors (Lipinski definition) is 2. The summed E-state index contributed by atoms with van der Waals surface area (Å²) < 4.78 is 5.56. The Balaban J connectivity index is 1.62. The van der Waals surface area contributed by atoms with Crippen LogP contribution in [0.1, 0.15) is 36.5 Å². The van der Waals surface area contributed by atoms with Crippen LogP contribution in [0.25, 0.3) is 0 Å². The number of carbonyl (C=O) groups is 3. The van der Waals surface area contributed by atoms with E-state index in [1.54, 1.807) is 17.0 Å². The summed E-state index contributed by atoms with van der Waals surface area (Å²) in [6.07, 6.45) is 0.826. The first-order chi connectivity index (χ1) is 14.5.